The van der Waals surface area contributed by atoms with Crippen LogP contribution in [0.5, 0.6) is 0 Å². The number of isocyanates is 2. The van der Waals surface area contributed by atoms with Crippen LogP contribution in [0.2, 0.25) is 0 Å². The topological polar surface area (TPSA) is 58.9 Å². The van der Waals surface area contributed by atoms with Crippen LogP contribution in [0.4, 0.5) is 0 Å². The third kappa shape index (κ3) is 10.4. The number of hydrogen-bond acceptors (Lipinski definition) is 4. The molecule has 0 radical (unpaired) electrons. The van der Waals surface area contributed by atoms with Gasteiger partial charge in [0.05, 0.1) is 12.1 Å². The Balaban J connectivity index is 3.77. The van der Waals surface area contributed by atoms with Crippen molar-refractivity contribution >= 4 is 12.2 Å². The van der Waals surface area contributed by atoms with E-state index in [-0.39, 0.29) is 12.1 Å². The quantitative estimate of drug-likeness (QED) is 0.305. The van der Waals surface area contributed by atoms with Gasteiger partial charge in [0, 0.05) is 0 Å². The monoisotopic (exact) mass is 266 g/mol. The molecule has 0 heterocycles. The zero-order valence-corrected chi connectivity index (χ0v) is 12.2. The molecule has 0 aliphatic carbocycles. The lowest BCUT2D eigenvalue weighted by molar-refractivity contribution is 0.479. The maximum Gasteiger partial charge on any atom is 0.235 e. The van der Waals surface area contributed by atoms with E-state index in [1.807, 2.05) is 0 Å². The third-order valence-electron chi connectivity index (χ3n) is 3.29. The summed E-state index contributed by atoms with van der Waals surface area (Å²) in [6.07, 6.45) is 12.5. The second-order valence-corrected chi connectivity index (χ2v) is 4.96. The van der Waals surface area contributed by atoms with Gasteiger partial charge in [-0.1, -0.05) is 46.0 Å². The summed E-state index contributed by atoms with van der Waals surface area (Å²) in [4.78, 5) is 28.2. The van der Waals surface area contributed by atoms with E-state index in [1.54, 1.807) is 12.2 Å². The molecule has 4 nitrogen and oxygen atoms in total. The summed E-state index contributed by atoms with van der Waals surface area (Å²) in [5, 5.41) is 0. The van der Waals surface area contributed by atoms with Crippen LogP contribution >= 0.6 is 0 Å². The van der Waals surface area contributed by atoms with Gasteiger partial charge in [-0.3, -0.25) is 0 Å². The molecule has 4 heteroatoms. The molecule has 0 aromatic rings. The van der Waals surface area contributed by atoms with Crippen LogP contribution in [0.15, 0.2) is 9.98 Å². The van der Waals surface area contributed by atoms with Gasteiger partial charge in [0.1, 0.15) is 0 Å². The van der Waals surface area contributed by atoms with E-state index in [4.69, 9.17) is 0 Å². The van der Waals surface area contributed by atoms with Crippen molar-refractivity contribution < 1.29 is 9.59 Å². The molecule has 0 rings (SSSR count). The van der Waals surface area contributed by atoms with Crippen molar-refractivity contribution in [3.8, 4) is 0 Å². The molecule has 0 fully saturated rings. The van der Waals surface area contributed by atoms with Crippen molar-refractivity contribution in [1.82, 2.24) is 0 Å². The van der Waals surface area contributed by atoms with Crippen LogP contribution in [0.25, 0.3) is 0 Å². The molecule has 0 aromatic heterocycles. The van der Waals surface area contributed by atoms with E-state index in [1.165, 1.54) is 0 Å². The van der Waals surface area contributed by atoms with Gasteiger partial charge in [0.15, 0.2) is 0 Å². The average Bonchev–Trinajstić information content (AvgIpc) is 2.39. The minimum atomic E-state index is 0.141. The van der Waals surface area contributed by atoms with E-state index in [2.05, 4.69) is 23.8 Å². The SMILES string of the molecule is CCCC(CCCCCC(CCC)N=C=O)N=C=O. The first-order valence-corrected chi connectivity index (χ1v) is 7.42. The maximum absolute atomic E-state index is 10.3. The number of carbonyl (C=O) groups excluding carboxylic acids is 2. The number of rotatable bonds is 12. The molecule has 0 N–H and O–H groups in total. The molecule has 0 aliphatic heterocycles. The van der Waals surface area contributed by atoms with Crippen LogP contribution in [0.1, 0.15) is 71.6 Å². The number of aliphatic imine (C=N–C) groups is 2. The zero-order valence-electron chi connectivity index (χ0n) is 12.2. The highest BCUT2D eigenvalue weighted by Crippen LogP contribution is 2.15. The fraction of sp³-hybridized carbons (Fsp3) is 0.867. The first-order chi connectivity index (χ1) is 9.28. The number of unbranched alkanes of at least 4 members (excludes halogenated alkanes) is 2. The van der Waals surface area contributed by atoms with E-state index >= 15 is 0 Å². The molecule has 2 unspecified atom stereocenters. The Morgan fingerprint density at radius 3 is 1.47 bits per heavy atom. The van der Waals surface area contributed by atoms with Gasteiger partial charge in [-0.2, -0.15) is 0 Å². The van der Waals surface area contributed by atoms with Crippen LogP contribution < -0.4 is 0 Å². The molecule has 0 spiro atoms. The second kappa shape index (κ2) is 13.2. The highest BCUT2D eigenvalue weighted by molar-refractivity contribution is 5.33. The molecule has 0 amide bonds. The molecule has 0 saturated carbocycles. The smallest absolute Gasteiger partial charge is 0.211 e. The van der Waals surface area contributed by atoms with Gasteiger partial charge >= 0.3 is 0 Å². The molecule has 2 atom stereocenters. The van der Waals surface area contributed by atoms with Crippen molar-refractivity contribution in [3.05, 3.63) is 0 Å². The molecule has 0 saturated heterocycles. The van der Waals surface area contributed by atoms with Gasteiger partial charge in [0.2, 0.25) is 12.2 Å². The predicted molar refractivity (Wildman–Crippen MR) is 76.7 cm³/mol. The Labute approximate surface area is 116 Å². The maximum atomic E-state index is 10.3. The lowest BCUT2D eigenvalue weighted by Crippen LogP contribution is -2.05. The first-order valence-electron chi connectivity index (χ1n) is 7.42. The van der Waals surface area contributed by atoms with Crippen LogP contribution in [0, 0.1) is 0 Å². The summed E-state index contributed by atoms with van der Waals surface area (Å²) in [6, 6.07) is 0.281. The lowest BCUT2D eigenvalue weighted by Gasteiger charge is -2.10. The Hall–Kier alpha value is -1.24. The Morgan fingerprint density at radius 2 is 1.16 bits per heavy atom. The summed E-state index contributed by atoms with van der Waals surface area (Å²) in [7, 11) is 0. The van der Waals surface area contributed by atoms with E-state index in [0.29, 0.717) is 0 Å². The first kappa shape index (κ1) is 17.8. The Morgan fingerprint density at radius 1 is 0.737 bits per heavy atom. The Kier molecular flexibility index (Phi) is 12.3. The average molecular weight is 266 g/mol. The van der Waals surface area contributed by atoms with Gasteiger partial charge in [-0.25, -0.2) is 19.6 Å². The molecular formula is C15H26N2O2. The fourth-order valence-electron chi connectivity index (χ4n) is 2.30. The van der Waals surface area contributed by atoms with Crippen molar-refractivity contribution in [2.45, 2.75) is 83.7 Å². The molecule has 0 bridgehead atoms. The fourth-order valence-corrected chi connectivity index (χ4v) is 2.30. The molecule has 0 aromatic carbocycles. The predicted octanol–water partition coefficient (Wildman–Crippen LogP) is 3.95. The van der Waals surface area contributed by atoms with Gasteiger partial charge in [-0.05, 0) is 25.7 Å². The van der Waals surface area contributed by atoms with Crippen molar-refractivity contribution in [2.24, 2.45) is 9.98 Å². The Bertz CT molecular complexity index is 275. The summed E-state index contributed by atoms with van der Waals surface area (Å²) in [5.41, 5.74) is 0. The minimum absolute atomic E-state index is 0.141. The number of hydrogen-bond donors (Lipinski definition) is 0. The largest absolute Gasteiger partial charge is 0.235 e. The van der Waals surface area contributed by atoms with Crippen molar-refractivity contribution in [2.75, 3.05) is 0 Å². The van der Waals surface area contributed by atoms with Crippen LogP contribution in [-0.4, -0.2) is 24.2 Å². The molecular weight excluding hydrogens is 240 g/mol. The van der Waals surface area contributed by atoms with Gasteiger partial charge in [0.25, 0.3) is 0 Å². The van der Waals surface area contributed by atoms with Gasteiger partial charge in [-0.15, -0.1) is 0 Å². The molecule has 19 heavy (non-hydrogen) atoms. The van der Waals surface area contributed by atoms with E-state index in [9.17, 15) is 9.59 Å². The highest BCUT2D eigenvalue weighted by atomic mass is 16.1. The summed E-state index contributed by atoms with van der Waals surface area (Å²) < 4.78 is 0. The van der Waals surface area contributed by atoms with Crippen molar-refractivity contribution in [3.63, 3.8) is 0 Å². The lowest BCUT2D eigenvalue weighted by atomic mass is 10.0. The van der Waals surface area contributed by atoms with Gasteiger partial charge < -0.3 is 0 Å². The van der Waals surface area contributed by atoms with Crippen LogP contribution in [-0.2, 0) is 9.59 Å². The summed E-state index contributed by atoms with van der Waals surface area (Å²) in [6.45, 7) is 4.19. The van der Waals surface area contributed by atoms with E-state index in [0.717, 1.165) is 57.8 Å². The summed E-state index contributed by atoms with van der Waals surface area (Å²) in [5.74, 6) is 0. The normalized spacial score (nSPS) is 13.2. The van der Waals surface area contributed by atoms with Crippen molar-refractivity contribution in [1.29, 1.82) is 0 Å². The summed E-state index contributed by atoms with van der Waals surface area (Å²) >= 11 is 0. The second-order valence-electron chi connectivity index (χ2n) is 4.96. The highest BCUT2D eigenvalue weighted by Gasteiger charge is 2.07. The minimum Gasteiger partial charge on any atom is -0.211 e. The van der Waals surface area contributed by atoms with E-state index < -0.39 is 0 Å². The van der Waals surface area contributed by atoms with Crippen LogP contribution in [0.3, 0.4) is 0 Å². The third-order valence-corrected chi connectivity index (χ3v) is 3.29. The standard InChI is InChI=1S/C15H26N2O2/c1-3-8-14(16-12-18)10-6-5-7-11-15(9-4-2)17-13-19/h14-15H,3-11H2,1-2H3. The molecule has 0 aliphatic rings. The molecule has 108 valence electrons. The zero-order chi connectivity index (χ0) is 14.3. The number of nitrogens with zero attached hydrogens (tertiary/aromatic N) is 2.